The van der Waals surface area contributed by atoms with Gasteiger partial charge < -0.3 is 14.7 Å². The molecule has 3 aliphatic rings. The first-order valence-corrected chi connectivity index (χ1v) is 10.5. The zero-order valence-electron chi connectivity index (χ0n) is 15.9. The van der Waals surface area contributed by atoms with E-state index in [1.165, 1.54) is 16.2 Å². The van der Waals surface area contributed by atoms with Crippen molar-refractivity contribution in [1.82, 2.24) is 9.80 Å². The first-order chi connectivity index (χ1) is 13.0. The third kappa shape index (κ3) is 3.18. The summed E-state index contributed by atoms with van der Waals surface area (Å²) in [5, 5.41) is 0.759. The molecule has 27 heavy (non-hydrogen) atoms. The summed E-state index contributed by atoms with van der Waals surface area (Å²) in [4.78, 5) is 44.3. The van der Waals surface area contributed by atoms with Crippen LogP contribution in [0.15, 0.2) is 12.2 Å². The second-order valence-electron chi connectivity index (χ2n) is 7.52. The number of allylic oxidation sites excluding steroid dienone is 2. The predicted octanol–water partition coefficient (Wildman–Crippen LogP) is 2.43. The Kier molecular flexibility index (Phi) is 4.80. The molecule has 0 fully saturated rings. The SMILES string of the molecule is CCN1C(=O)CN(C)C(=O)c2c1sc1c2CCN(C(=O)CC2C=CCC2)C1. The average molecular weight is 388 g/mol. The second-order valence-corrected chi connectivity index (χ2v) is 8.60. The molecular weight excluding hydrogens is 362 g/mol. The zero-order chi connectivity index (χ0) is 19.1. The van der Waals surface area contributed by atoms with Crippen molar-refractivity contribution < 1.29 is 14.4 Å². The van der Waals surface area contributed by atoms with Crippen molar-refractivity contribution in [1.29, 1.82) is 0 Å². The van der Waals surface area contributed by atoms with Crippen LogP contribution in [0.1, 0.15) is 47.0 Å². The Bertz CT molecular complexity index is 829. The van der Waals surface area contributed by atoms with Gasteiger partial charge in [-0.1, -0.05) is 12.2 Å². The van der Waals surface area contributed by atoms with Crippen molar-refractivity contribution in [3.63, 3.8) is 0 Å². The quantitative estimate of drug-likeness (QED) is 0.749. The van der Waals surface area contributed by atoms with Crippen molar-refractivity contribution in [2.75, 3.05) is 31.6 Å². The van der Waals surface area contributed by atoms with E-state index in [4.69, 9.17) is 0 Å². The third-order valence-electron chi connectivity index (χ3n) is 5.74. The Balaban J connectivity index is 1.61. The molecule has 1 aromatic rings. The Morgan fingerprint density at radius 1 is 1.30 bits per heavy atom. The summed E-state index contributed by atoms with van der Waals surface area (Å²) >= 11 is 1.51. The molecule has 144 valence electrons. The molecular formula is C20H25N3O3S. The number of fused-ring (bicyclic) bond motifs is 3. The molecule has 2 aliphatic heterocycles. The summed E-state index contributed by atoms with van der Waals surface area (Å²) in [7, 11) is 1.68. The lowest BCUT2D eigenvalue weighted by atomic mass is 10.00. The van der Waals surface area contributed by atoms with Crippen molar-refractivity contribution in [3.8, 4) is 0 Å². The van der Waals surface area contributed by atoms with E-state index < -0.39 is 0 Å². The maximum Gasteiger partial charge on any atom is 0.257 e. The molecule has 1 unspecified atom stereocenters. The van der Waals surface area contributed by atoms with Crippen LogP contribution in [-0.2, 0) is 22.6 Å². The van der Waals surface area contributed by atoms with E-state index in [0.29, 0.717) is 44.0 Å². The first-order valence-electron chi connectivity index (χ1n) is 9.64. The van der Waals surface area contributed by atoms with Gasteiger partial charge in [-0.2, -0.15) is 0 Å². The number of nitrogens with zero attached hydrogens (tertiary/aromatic N) is 3. The highest BCUT2D eigenvalue weighted by atomic mass is 32.1. The molecule has 0 saturated carbocycles. The topological polar surface area (TPSA) is 60.9 Å². The monoisotopic (exact) mass is 387 g/mol. The molecule has 1 atom stereocenters. The van der Waals surface area contributed by atoms with Crippen LogP contribution in [0.25, 0.3) is 0 Å². The van der Waals surface area contributed by atoms with Crippen LogP contribution in [0.4, 0.5) is 5.00 Å². The average Bonchev–Trinajstić information content (AvgIpc) is 3.26. The predicted molar refractivity (Wildman–Crippen MR) is 105 cm³/mol. The molecule has 0 aromatic carbocycles. The van der Waals surface area contributed by atoms with Gasteiger partial charge in [-0.3, -0.25) is 14.4 Å². The normalized spacial score (nSPS) is 22.1. The van der Waals surface area contributed by atoms with Gasteiger partial charge in [-0.25, -0.2) is 0 Å². The molecule has 6 nitrogen and oxygen atoms in total. The van der Waals surface area contributed by atoms with Gasteiger partial charge in [0.25, 0.3) is 5.91 Å². The van der Waals surface area contributed by atoms with Gasteiger partial charge in [0.2, 0.25) is 11.8 Å². The lowest BCUT2D eigenvalue weighted by Crippen LogP contribution is -2.38. The highest BCUT2D eigenvalue weighted by molar-refractivity contribution is 7.17. The van der Waals surface area contributed by atoms with Gasteiger partial charge in [0, 0.05) is 31.4 Å². The van der Waals surface area contributed by atoms with Gasteiger partial charge in [0.15, 0.2) is 0 Å². The van der Waals surface area contributed by atoms with E-state index in [-0.39, 0.29) is 24.3 Å². The Morgan fingerprint density at radius 2 is 2.11 bits per heavy atom. The highest BCUT2D eigenvalue weighted by Gasteiger charge is 2.37. The van der Waals surface area contributed by atoms with Crippen LogP contribution >= 0.6 is 11.3 Å². The number of amides is 3. The largest absolute Gasteiger partial charge is 0.337 e. The van der Waals surface area contributed by atoms with Crippen molar-refractivity contribution in [3.05, 3.63) is 28.2 Å². The van der Waals surface area contributed by atoms with Crippen molar-refractivity contribution in [2.24, 2.45) is 5.92 Å². The number of rotatable bonds is 3. The minimum Gasteiger partial charge on any atom is -0.337 e. The molecule has 0 radical (unpaired) electrons. The molecule has 0 bridgehead atoms. The number of carbonyl (C=O) groups is 3. The van der Waals surface area contributed by atoms with E-state index in [1.54, 1.807) is 11.9 Å². The smallest absolute Gasteiger partial charge is 0.257 e. The van der Waals surface area contributed by atoms with E-state index in [9.17, 15) is 14.4 Å². The molecule has 7 heteroatoms. The molecule has 3 heterocycles. The first kappa shape index (κ1) is 18.2. The third-order valence-corrected chi connectivity index (χ3v) is 6.98. The Morgan fingerprint density at radius 3 is 2.81 bits per heavy atom. The fourth-order valence-electron chi connectivity index (χ4n) is 4.22. The number of hydrogen-bond donors (Lipinski definition) is 0. The lowest BCUT2D eigenvalue weighted by molar-refractivity contribution is -0.132. The van der Waals surface area contributed by atoms with Crippen molar-refractivity contribution in [2.45, 2.75) is 39.2 Å². The molecule has 4 rings (SSSR count). The molecule has 0 saturated heterocycles. The number of anilines is 1. The summed E-state index contributed by atoms with van der Waals surface area (Å²) in [5.41, 5.74) is 1.71. The van der Waals surface area contributed by atoms with Gasteiger partial charge in [0.1, 0.15) is 11.5 Å². The van der Waals surface area contributed by atoms with E-state index in [2.05, 4.69) is 12.2 Å². The van der Waals surface area contributed by atoms with Crippen LogP contribution in [0, 0.1) is 5.92 Å². The van der Waals surface area contributed by atoms with Crippen LogP contribution in [0.5, 0.6) is 0 Å². The summed E-state index contributed by atoms with van der Waals surface area (Å²) in [6.07, 6.45) is 7.68. The Hall–Kier alpha value is -2.15. The standard InChI is InChI=1S/C20H25N3O3S/c1-3-23-17(25)12-21(2)19(26)18-14-8-9-22(11-15(14)27-20(18)23)16(24)10-13-6-4-5-7-13/h4,6,13H,3,5,7-12H2,1-2H3. The molecule has 0 N–H and O–H groups in total. The van der Waals surface area contributed by atoms with E-state index >= 15 is 0 Å². The van der Waals surface area contributed by atoms with Crippen LogP contribution in [-0.4, -0.2) is 54.2 Å². The summed E-state index contributed by atoms with van der Waals surface area (Å²) in [6, 6.07) is 0. The van der Waals surface area contributed by atoms with E-state index in [1.807, 2.05) is 11.8 Å². The summed E-state index contributed by atoms with van der Waals surface area (Å²) in [5.74, 6) is 0.421. The fraction of sp³-hybridized carbons (Fsp3) is 0.550. The minimum absolute atomic E-state index is 0.0494. The minimum atomic E-state index is -0.0809. The number of carbonyl (C=O) groups excluding carboxylic acids is 3. The van der Waals surface area contributed by atoms with E-state index in [0.717, 1.165) is 28.3 Å². The van der Waals surface area contributed by atoms with Crippen LogP contribution in [0.3, 0.4) is 0 Å². The fourth-order valence-corrected chi connectivity index (χ4v) is 5.65. The highest BCUT2D eigenvalue weighted by Crippen LogP contribution is 2.41. The molecule has 1 aromatic heterocycles. The van der Waals surface area contributed by atoms with Gasteiger partial charge >= 0.3 is 0 Å². The Labute approximate surface area is 163 Å². The van der Waals surface area contributed by atoms with Gasteiger partial charge in [-0.05, 0) is 37.7 Å². The lowest BCUT2D eigenvalue weighted by Gasteiger charge is -2.28. The molecule has 1 aliphatic carbocycles. The molecule has 0 spiro atoms. The number of thiophene rings is 1. The van der Waals surface area contributed by atoms with Gasteiger partial charge in [-0.15, -0.1) is 11.3 Å². The maximum atomic E-state index is 12.9. The summed E-state index contributed by atoms with van der Waals surface area (Å²) < 4.78 is 0. The number of likely N-dealkylation sites (N-methyl/N-ethyl adjacent to an activating group) is 2. The second kappa shape index (κ2) is 7.11. The zero-order valence-corrected chi connectivity index (χ0v) is 16.7. The van der Waals surface area contributed by atoms with Crippen molar-refractivity contribution >= 4 is 34.1 Å². The van der Waals surface area contributed by atoms with Crippen LogP contribution < -0.4 is 4.90 Å². The summed E-state index contributed by atoms with van der Waals surface area (Å²) in [6.45, 7) is 3.78. The maximum absolute atomic E-state index is 12.9. The molecule has 3 amide bonds. The van der Waals surface area contributed by atoms with Crippen LogP contribution in [0.2, 0.25) is 0 Å². The number of hydrogen-bond acceptors (Lipinski definition) is 4. The van der Waals surface area contributed by atoms with Gasteiger partial charge in [0.05, 0.1) is 12.1 Å².